The predicted octanol–water partition coefficient (Wildman–Crippen LogP) is 2.05. The molecule has 0 aromatic heterocycles. The van der Waals surface area contributed by atoms with E-state index in [2.05, 4.69) is 0 Å². The molecule has 1 aromatic carbocycles. The van der Waals surface area contributed by atoms with Crippen molar-refractivity contribution in [3.63, 3.8) is 0 Å². The van der Waals surface area contributed by atoms with Crippen molar-refractivity contribution in [1.82, 2.24) is 0 Å². The second kappa shape index (κ2) is 4.14. The van der Waals surface area contributed by atoms with E-state index in [1.165, 1.54) is 6.08 Å². The van der Waals surface area contributed by atoms with Crippen LogP contribution in [0.4, 0.5) is 0 Å². The molecule has 0 atom stereocenters. The molecular weight excluding hydrogens is 176 g/mol. The molecule has 1 aromatic rings. The molecule has 2 N–H and O–H groups in total. The Kier molecular flexibility index (Phi) is 3.14. The fraction of sp³-hybridized carbons (Fsp3) is 0.111. The molecule has 0 unspecified atom stereocenters. The Hall–Kier alpha value is -0.990. The quantitative estimate of drug-likeness (QED) is 0.739. The Bertz CT molecular complexity index is 295. The van der Waals surface area contributed by atoms with Gasteiger partial charge in [-0.25, -0.2) is 0 Å². The van der Waals surface area contributed by atoms with Gasteiger partial charge < -0.3 is 10.2 Å². The summed E-state index contributed by atoms with van der Waals surface area (Å²) >= 11 is 5.65. The van der Waals surface area contributed by atoms with Gasteiger partial charge in [0.05, 0.1) is 11.6 Å². The third kappa shape index (κ3) is 2.00. The fourth-order valence-electron chi connectivity index (χ4n) is 0.846. The van der Waals surface area contributed by atoms with Gasteiger partial charge in [-0.15, -0.1) is 0 Å². The van der Waals surface area contributed by atoms with Crippen LogP contribution in [0.5, 0.6) is 5.75 Å². The van der Waals surface area contributed by atoms with Gasteiger partial charge in [0.25, 0.3) is 0 Å². The number of benzene rings is 1. The topological polar surface area (TPSA) is 40.5 Å². The number of aliphatic hydroxyl groups is 1. The average Bonchev–Trinajstić information content (AvgIpc) is 2.08. The van der Waals surface area contributed by atoms with Gasteiger partial charge in [0.15, 0.2) is 0 Å². The molecule has 0 saturated heterocycles. The van der Waals surface area contributed by atoms with Crippen LogP contribution in [0.3, 0.4) is 0 Å². The maximum atomic E-state index is 9.36. The normalized spacial score (nSPS) is 10.8. The van der Waals surface area contributed by atoms with Crippen molar-refractivity contribution >= 4 is 17.7 Å². The number of phenolic OH excluding ortho intramolecular Hbond substituents is 1. The minimum atomic E-state index is -0.0496. The van der Waals surface area contributed by atoms with E-state index in [1.807, 2.05) is 0 Å². The van der Waals surface area contributed by atoms with E-state index in [9.17, 15) is 5.11 Å². The molecule has 12 heavy (non-hydrogen) atoms. The zero-order chi connectivity index (χ0) is 8.97. The van der Waals surface area contributed by atoms with E-state index < -0.39 is 0 Å². The SMILES string of the molecule is OC/C=C/c1cccc(Cl)c1O. The summed E-state index contributed by atoms with van der Waals surface area (Å²) in [5, 5.41) is 18.2. The van der Waals surface area contributed by atoms with Crippen LogP contribution in [0, 0.1) is 0 Å². The lowest BCUT2D eigenvalue weighted by atomic mass is 10.2. The molecule has 0 aliphatic carbocycles. The van der Waals surface area contributed by atoms with Gasteiger partial charge in [-0.1, -0.05) is 35.9 Å². The van der Waals surface area contributed by atoms with Gasteiger partial charge in [0.2, 0.25) is 0 Å². The summed E-state index contributed by atoms with van der Waals surface area (Å²) in [6.45, 7) is -0.0496. The first-order valence-corrected chi connectivity index (χ1v) is 3.88. The summed E-state index contributed by atoms with van der Waals surface area (Å²) in [5.74, 6) is 0.0452. The zero-order valence-electron chi connectivity index (χ0n) is 6.37. The standard InChI is InChI=1S/C9H9ClO2/c10-8-5-1-3-7(9(8)12)4-2-6-11/h1-5,11-12H,6H2/b4-2+. The second-order valence-electron chi connectivity index (χ2n) is 2.26. The number of aromatic hydroxyl groups is 1. The van der Waals surface area contributed by atoms with Crippen LogP contribution in [0.15, 0.2) is 24.3 Å². The Labute approximate surface area is 75.7 Å². The van der Waals surface area contributed by atoms with Crippen molar-refractivity contribution in [3.8, 4) is 5.75 Å². The van der Waals surface area contributed by atoms with Gasteiger partial charge in [-0.2, -0.15) is 0 Å². The smallest absolute Gasteiger partial charge is 0.141 e. The molecule has 0 amide bonds. The molecule has 0 spiro atoms. The molecule has 0 saturated carbocycles. The molecule has 0 heterocycles. The molecule has 0 fully saturated rings. The van der Waals surface area contributed by atoms with Crippen LogP contribution in [0.25, 0.3) is 6.08 Å². The van der Waals surface area contributed by atoms with Crippen molar-refractivity contribution in [3.05, 3.63) is 34.9 Å². The zero-order valence-corrected chi connectivity index (χ0v) is 7.12. The fourth-order valence-corrected chi connectivity index (χ4v) is 1.03. The van der Waals surface area contributed by atoms with E-state index in [4.69, 9.17) is 16.7 Å². The molecule has 0 bridgehead atoms. The van der Waals surface area contributed by atoms with Gasteiger partial charge >= 0.3 is 0 Å². The average molecular weight is 185 g/mol. The Morgan fingerprint density at radius 3 is 2.83 bits per heavy atom. The number of aliphatic hydroxyl groups excluding tert-OH is 1. The lowest BCUT2D eigenvalue weighted by Crippen LogP contribution is -1.77. The largest absolute Gasteiger partial charge is 0.506 e. The van der Waals surface area contributed by atoms with Gasteiger partial charge in [0.1, 0.15) is 5.75 Å². The van der Waals surface area contributed by atoms with E-state index in [0.29, 0.717) is 10.6 Å². The van der Waals surface area contributed by atoms with Crippen LogP contribution in [-0.4, -0.2) is 16.8 Å². The molecule has 1 rings (SSSR count). The molecule has 64 valence electrons. The third-order valence-corrected chi connectivity index (χ3v) is 1.73. The highest BCUT2D eigenvalue weighted by molar-refractivity contribution is 6.32. The summed E-state index contributed by atoms with van der Waals surface area (Å²) in [6, 6.07) is 5.06. The Morgan fingerprint density at radius 1 is 1.42 bits per heavy atom. The third-order valence-electron chi connectivity index (χ3n) is 1.42. The molecule has 0 aliphatic heterocycles. The number of hydrogen-bond acceptors (Lipinski definition) is 2. The highest BCUT2D eigenvalue weighted by Crippen LogP contribution is 2.27. The molecule has 0 aliphatic rings. The van der Waals surface area contributed by atoms with Crippen molar-refractivity contribution < 1.29 is 10.2 Å². The minimum Gasteiger partial charge on any atom is -0.506 e. The van der Waals surface area contributed by atoms with Crippen molar-refractivity contribution in [2.24, 2.45) is 0 Å². The molecule has 0 radical (unpaired) electrons. The second-order valence-corrected chi connectivity index (χ2v) is 2.67. The van der Waals surface area contributed by atoms with E-state index in [-0.39, 0.29) is 12.4 Å². The van der Waals surface area contributed by atoms with Gasteiger partial charge in [-0.3, -0.25) is 0 Å². The summed E-state index contributed by atoms with van der Waals surface area (Å²) < 4.78 is 0. The summed E-state index contributed by atoms with van der Waals surface area (Å²) in [5.41, 5.74) is 0.608. The predicted molar refractivity (Wildman–Crippen MR) is 49.2 cm³/mol. The van der Waals surface area contributed by atoms with Gasteiger partial charge in [-0.05, 0) is 6.07 Å². The maximum Gasteiger partial charge on any atom is 0.141 e. The van der Waals surface area contributed by atoms with Crippen molar-refractivity contribution in [1.29, 1.82) is 0 Å². The van der Waals surface area contributed by atoms with Crippen molar-refractivity contribution in [2.75, 3.05) is 6.61 Å². The minimum absolute atomic E-state index is 0.0452. The van der Waals surface area contributed by atoms with E-state index in [0.717, 1.165) is 0 Å². The molecule has 2 nitrogen and oxygen atoms in total. The monoisotopic (exact) mass is 184 g/mol. The summed E-state index contributed by atoms with van der Waals surface area (Å²) in [6.07, 6.45) is 3.15. The summed E-state index contributed by atoms with van der Waals surface area (Å²) in [7, 11) is 0. The first kappa shape index (κ1) is 9.10. The first-order valence-electron chi connectivity index (χ1n) is 3.50. The Morgan fingerprint density at radius 2 is 2.17 bits per heavy atom. The number of para-hydroxylation sites is 1. The van der Waals surface area contributed by atoms with Crippen LogP contribution in [0.1, 0.15) is 5.56 Å². The van der Waals surface area contributed by atoms with Crippen LogP contribution >= 0.6 is 11.6 Å². The highest BCUT2D eigenvalue weighted by atomic mass is 35.5. The maximum absolute atomic E-state index is 9.36. The number of halogens is 1. The molecular formula is C9H9ClO2. The van der Waals surface area contributed by atoms with Crippen LogP contribution in [0.2, 0.25) is 5.02 Å². The Balaban J connectivity index is 3.00. The van der Waals surface area contributed by atoms with Crippen LogP contribution < -0.4 is 0 Å². The van der Waals surface area contributed by atoms with E-state index in [1.54, 1.807) is 24.3 Å². The first-order chi connectivity index (χ1) is 5.75. The van der Waals surface area contributed by atoms with Gasteiger partial charge in [0, 0.05) is 5.56 Å². The number of rotatable bonds is 2. The van der Waals surface area contributed by atoms with E-state index >= 15 is 0 Å². The number of phenols is 1. The molecule has 3 heteroatoms. The lowest BCUT2D eigenvalue weighted by molar-refractivity contribution is 0.343. The number of hydrogen-bond donors (Lipinski definition) is 2. The summed E-state index contributed by atoms with van der Waals surface area (Å²) in [4.78, 5) is 0. The highest BCUT2D eigenvalue weighted by Gasteiger charge is 2.00. The lowest BCUT2D eigenvalue weighted by Gasteiger charge is -1.99. The van der Waals surface area contributed by atoms with Crippen LogP contribution in [-0.2, 0) is 0 Å². The van der Waals surface area contributed by atoms with Crippen molar-refractivity contribution in [2.45, 2.75) is 0 Å².